The number of carbonyl (C=O) groups is 2. The lowest BCUT2D eigenvalue weighted by Gasteiger charge is -2.39. The zero-order valence-corrected chi connectivity index (χ0v) is 19.0. The Labute approximate surface area is 193 Å². The Morgan fingerprint density at radius 2 is 1.78 bits per heavy atom. The normalized spacial score (nSPS) is 19.6. The van der Waals surface area contributed by atoms with Gasteiger partial charge in [-0.25, -0.2) is 0 Å². The number of methoxy groups -OCH3 is 1. The van der Waals surface area contributed by atoms with Crippen LogP contribution in [0.3, 0.4) is 0 Å². The topological polar surface area (TPSA) is 62.3 Å². The first kappa shape index (κ1) is 22.6. The van der Waals surface area contributed by atoms with Crippen LogP contribution in [0, 0.1) is 0 Å². The standard InChI is InChI=1S/C24H28ClN3O4/c1-31-22-8-3-2-7-21(22)24(30)27-11-9-26(10-12-27)16-20-17-28(13-14-32-20)23(29)18-5-4-6-19(25)15-18/h2-8,15,20H,9-14,16-17H2,1H3. The van der Waals surface area contributed by atoms with E-state index in [4.69, 9.17) is 21.1 Å². The number of hydrogen-bond donors (Lipinski definition) is 0. The van der Waals surface area contributed by atoms with E-state index in [1.165, 1.54) is 0 Å². The zero-order valence-electron chi connectivity index (χ0n) is 18.2. The molecule has 2 fully saturated rings. The molecule has 170 valence electrons. The lowest BCUT2D eigenvalue weighted by atomic mass is 10.1. The Morgan fingerprint density at radius 3 is 2.53 bits per heavy atom. The second-order valence-electron chi connectivity index (χ2n) is 8.05. The second kappa shape index (κ2) is 10.3. The van der Waals surface area contributed by atoms with Gasteiger partial charge in [0.25, 0.3) is 11.8 Å². The molecule has 2 amide bonds. The highest BCUT2D eigenvalue weighted by Gasteiger charge is 2.29. The molecule has 0 aromatic heterocycles. The summed E-state index contributed by atoms with van der Waals surface area (Å²) >= 11 is 6.04. The number of rotatable bonds is 5. The molecule has 0 spiro atoms. The zero-order chi connectivity index (χ0) is 22.5. The lowest BCUT2D eigenvalue weighted by Crippen LogP contribution is -2.54. The molecule has 7 nitrogen and oxygen atoms in total. The maximum atomic E-state index is 12.9. The molecule has 8 heteroatoms. The van der Waals surface area contributed by atoms with Crippen molar-refractivity contribution in [3.05, 3.63) is 64.7 Å². The van der Waals surface area contributed by atoms with Crippen molar-refractivity contribution in [2.45, 2.75) is 6.10 Å². The predicted octanol–water partition coefficient (Wildman–Crippen LogP) is 2.65. The van der Waals surface area contributed by atoms with Gasteiger partial charge in [0.15, 0.2) is 0 Å². The van der Waals surface area contributed by atoms with Crippen molar-refractivity contribution in [3.63, 3.8) is 0 Å². The Morgan fingerprint density at radius 1 is 1.00 bits per heavy atom. The van der Waals surface area contributed by atoms with Crippen LogP contribution in [0.2, 0.25) is 5.02 Å². The minimum absolute atomic E-state index is 0.00527. The van der Waals surface area contributed by atoms with E-state index in [9.17, 15) is 9.59 Å². The van der Waals surface area contributed by atoms with E-state index in [1.54, 1.807) is 43.5 Å². The van der Waals surface area contributed by atoms with Crippen molar-refractivity contribution < 1.29 is 19.1 Å². The average Bonchev–Trinajstić information content (AvgIpc) is 2.84. The first-order valence-electron chi connectivity index (χ1n) is 10.9. The third-order valence-electron chi connectivity index (χ3n) is 5.96. The van der Waals surface area contributed by atoms with Crippen LogP contribution in [-0.2, 0) is 4.74 Å². The van der Waals surface area contributed by atoms with Gasteiger partial charge < -0.3 is 19.3 Å². The molecule has 0 bridgehead atoms. The number of ether oxygens (including phenoxy) is 2. The first-order valence-corrected chi connectivity index (χ1v) is 11.2. The number of morpholine rings is 1. The smallest absolute Gasteiger partial charge is 0.257 e. The first-order chi connectivity index (χ1) is 15.5. The summed E-state index contributed by atoms with van der Waals surface area (Å²) in [7, 11) is 1.58. The number of amides is 2. The van der Waals surface area contributed by atoms with Crippen molar-refractivity contribution >= 4 is 23.4 Å². The molecule has 2 heterocycles. The van der Waals surface area contributed by atoms with E-state index in [0.717, 1.165) is 19.6 Å². The van der Waals surface area contributed by atoms with Gasteiger partial charge in [-0.3, -0.25) is 14.5 Å². The van der Waals surface area contributed by atoms with Gasteiger partial charge in [0.1, 0.15) is 5.75 Å². The SMILES string of the molecule is COc1ccccc1C(=O)N1CCN(CC2CN(C(=O)c3cccc(Cl)c3)CCO2)CC1. The molecular weight excluding hydrogens is 430 g/mol. The van der Waals surface area contributed by atoms with Gasteiger partial charge in [0.2, 0.25) is 0 Å². The summed E-state index contributed by atoms with van der Waals surface area (Å²) in [6.45, 7) is 5.20. The second-order valence-corrected chi connectivity index (χ2v) is 8.48. The third-order valence-corrected chi connectivity index (χ3v) is 6.19. The summed E-state index contributed by atoms with van der Waals surface area (Å²) < 4.78 is 11.3. The minimum Gasteiger partial charge on any atom is -0.496 e. The molecule has 2 aliphatic heterocycles. The van der Waals surface area contributed by atoms with Crippen LogP contribution < -0.4 is 4.74 Å². The number of piperazine rings is 1. The maximum absolute atomic E-state index is 12.9. The third kappa shape index (κ3) is 5.23. The monoisotopic (exact) mass is 457 g/mol. The molecule has 2 aliphatic rings. The number of nitrogens with zero attached hydrogens (tertiary/aromatic N) is 3. The summed E-state index contributed by atoms with van der Waals surface area (Å²) in [5.74, 6) is 0.572. The molecule has 32 heavy (non-hydrogen) atoms. The fourth-order valence-corrected chi connectivity index (χ4v) is 4.42. The average molecular weight is 458 g/mol. The minimum atomic E-state index is -0.0525. The summed E-state index contributed by atoms with van der Waals surface area (Å²) in [5, 5.41) is 0.557. The molecule has 2 aromatic carbocycles. The number of carbonyl (C=O) groups excluding carboxylic acids is 2. The number of halogens is 1. The largest absolute Gasteiger partial charge is 0.496 e. The van der Waals surface area contributed by atoms with Crippen molar-refractivity contribution in [2.75, 3.05) is 59.5 Å². The van der Waals surface area contributed by atoms with Crippen molar-refractivity contribution in [1.29, 1.82) is 0 Å². The molecular formula is C24H28ClN3O4. The Bertz CT molecular complexity index is 962. The fraction of sp³-hybridized carbons (Fsp3) is 0.417. The van der Waals surface area contributed by atoms with Gasteiger partial charge in [-0.15, -0.1) is 0 Å². The van der Waals surface area contributed by atoms with Gasteiger partial charge in [-0.2, -0.15) is 0 Å². The van der Waals surface area contributed by atoms with Crippen molar-refractivity contribution in [2.24, 2.45) is 0 Å². The van der Waals surface area contributed by atoms with E-state index in [-0.39, 0.29) is 17.9 Å². The molecule has 0 radical (unpaired) electrons. The molecule has 4 rings (SSSR count). The molecule has 2 aromatic rings. The Kier molecular flexibility index (Phi) is 7.29. The highest BCUT2D eigenvalue weighted by molar-refractivity contribution is 6.30. The van der Waals surface area contributed by atoms with E-state index >= 15 is 0 Å². The maximum Gasteiger partial charge on any atom is 0.257 e. The summed E-state index contributed by atoms with van der Waals surface area (Å²) in [4.78, 5) is 31.7. The fourth-order valence-electron chi connectivity index (χ4n) is 4.23. The van der Waals surface area contributed by atoms with E-state index in [0.29, 0.717) is 54.7 Å². The summed E-state index contributed by atoms with van der Waals surface area (Å²) in [6.07, 6.45) is -0.0525. The van der Waals surface area contributed by atoms with Gasteiger partial charge in [0, 0.05) is 56.4 Å². The lowest BCUT2D eigenvalue weighted by molar-refractivity contribution is -0.0400. The van der Waals surface area contributed by atoms with Crippen molar-refractivity contribution in [3.8, 4) is 5.75 Å². The van der Waals surface area contributed by atoms with Gasteiger partial charge in [0.05, 0.1) is 25.4 Å². The number of para-hydroxylation sites is 1. The highest BCUT2D eigenvalue weighted by Crippen LogP contribution is 2.21. The van der Waals surface area contributed by atoms with Crippen LogP contribution in [0.1, 0.15) is 20.7 Å². The number of benzene rings is 2. The molecule has 2 saturated heterocycles. The predicted molar refractivity (Wildman–Crippen MR) is 122 cm³/mol. The Balaban J connectivity index is 1.29. The molecule has 1 atom stereocenters. The quantitative estimate of drug-likeness (QED) is 0.690. The Hall–Kier alpha value is -2.61. The van der Waals surface area contributed by atoms with Crippen LogP contribution >= 0.6 is 11.6 Å². The van der Waals surface area contributed by atoms with Gasteiger partial charge in [-0.05, 0) is 30.3 Å². The highest BCUT2D eigenvalue weighted by atomic mass is 35.5. The van der Waals surface area contributed by atoms with Gasteiger partial charge in [-0.1, -0.05) is 29.8 Å². The van der Waals surface area contributed by atoms with Gasteiger partial charge >= 0.3 is 0 Å². The van der Waals surface area contributed by atoms with E-state index < -0.39 is 0 Å². The molecule has 1 unspecified atom stereocenters. The van der Waals surface area contributed by atoms with Crippen LogP contribution in [-0.4, -0.2) is 92.1 Å². The van der Waals surface area contributed by atoms with Crippen LogP contribution in [0.25, 0.3) is 0 Å². The van der Waals surface area contributed by atoms with E-state index in [2.05, 4.69) is 4.90 Å². The summed E-state index contributed by atoms with van der Waals surface area (Å²) in [6, 6.07) is 14.4. The summed E-state index contributed by atoms with van der Waals surface area (Å²) in [5.41, 5.74) is 1.19. The number of hydrogen-bond acceptors (Lipinski definition) is 5. The molecule has 0 saturated carbocycles. The van der Waals surface area contributed by atoms with Crippen LogP contribution in [0.5, 0.6) is 5.75 Å². The molecule has 0 N–H and O–H groups in total. The van der Waals surface area contributed by atoms with Crippen LogP contribution in [0.15, 0.2) is 48.5 Å². The van der Waals surface area contributed by atoms with Crippen molar-refractivity contribution in [1.82, 2.24) is 14.7 Å². The van der Waals surface area contributed by atoms with E-state index in [1.807, 2.05) is 21.9 Å². The molecule has 0 aliphatic carbocycles. The van der Waals surface area contributed by atoms with Crippen LogP contribution in [0.4, 0.5) is 0 Å².